The zero-order chi connectivity index (χ0) is 14.7. The quantitative estimate of drug-likeness (QED) is 0.828. The van der Waals surface area contributed by atoms with Crippen LogP contribution in [0.15, 0.2) is 30.3 Å². The predicted octanol–water partition coefficient (Wildman–Crippen LogP) is 2.55. The average molecular weight is 268 g/mol. The lowest BCUT2D eigenvalue weighted by atomic mass is 10.2. The summed E-state index contributed by atoms with van der Waals surface area (Å²) >= 11 is 0. The van der Waals surface area contributed by atoms with Crippen molar-refractivity contribution >= 4 is 11.9 Å². The van der Waals surface area contributed by atoms with Crippen LogP contribution in [0, 0.1) is 0 Å². The molecule has 0 radical (unpaired) electrons. The van der Waals surface area contributed by atoms with Crippen molar-refractivity contribution in [3.63, 3.8) is 0 Å². The van der Waals surface area contributed by atoms with Crippen molar-refractivity contribution in [3.05, 3.63) is 35.9 Å². The zero-order valence-corrected chi connectivity index (χ0v) is 11.2. The summed E-state index contributed by atoms with van der Waals surface area (Å²) in [6, 6.07) is 9.49. The molecule has 0 amide bonds. The third-order valence-electron chi connectivity index (χ3n) is 2.15. The van der Waals surface area contributed by atoms with Gasteiger partial charge in [0.2, 0.25) is 0 Å². The minimum atomic E-state index is -0.934. The molecule has 0 saturated carbocycles. The Kier molecular flexibility index (Phi) is 9.08. The summed E-state index contributed by atoms with van der Waals surface area (Å²) in [6.07, 6.45) is 0.273. The number of carbonyl (C=O) groups is 2. The van der Waals surface area contributed by atoms with Gasteiger partial charge in [-0.2, -0.15) is 0 Å². The third kappa shape index (κ3) is 9.79. The number of hydrogen-bond donors (Lipinski definition) is 2. The van der Waals surface area contributed by atoms with Crippen LogP contribution >= 0.6 is 0 Å². The molecule has 0 fully saturated rings. The highest BCUT2D eigenvalue weighted by atomic mass is 16.5. The number of benzene rings is 1. The van der Waals surface area contributed by atoms with E-state index in [0.717, 1.165) is 12.0 Å². The van der Waals surface area contributed by atoms with E-state index < -0.39 is 18.0 Å². The second-order valence-electron chi connectivity index (χ2n) is 3.92. The molecular formula is C14H20O5. The van der Waals surface area contributed by atoms with Crippen LogP contribution < -0.4 is 0 Å². The molecule has 1 atom stereocenters. The van der Waals surface area contributed by atoms with Crippen molar-refractivity contribution in [3.8, 4) is 0 Å². The molecule has 0 aliphatic rings. The molecule has 1 rings (SSSR count). The van der Waals surface area contributed by atoms with Crippen LogP contribution in [0.1, 0.15) is 32.3 Å². The number of aliphatic carboxylic acids is 2. The first-order valence-corrected chi connectivity index (χ1v) is 6.07. The lowest BCUT2D eigenvalue weighted by Gasteiger charge is -2.07. The summed E-state index contributed by atoms with van der Waals surface area (Å²) in [5.74, 6) is -1.64. The van der Waals surface area contributed by atoms with Crippen molar-refractivity contribution in [1.29, 1.82) is 0 Å². The summed E-state index contributed by atoms with van der Waals surface area (Å²) in [7, 11) is 0. The van der Waals surface area contributed by atoms with Crippen LogP contribution in [-0.4, -0.2) is 28.3 Å². The van der Waals surface area contributed by atoms with E-state index in [2.05, 4.69) is 0 Å². The van der Waals surface area contributed by atoms with E-state index in [1.807, 2.05) is 37.3 Å². The van der Waals surface area contributed by atoms with Crippen molar-refractivity contribution in [1.82, 2.24) is 0 Å². The monoisotopic (exact) mass is 268 g/mol. The van der Waals surface area contributed by atoms with Gasteiger partial charge in [0.05, 0.1) is 6.61 Å². The van der Waals surface area contributed by atoms with E-state index in [4.69, 9.17) is 14.9 Å². The van der Waals surface area contributed by atoms with Gasteiger partial charge in [-0.1, -0.05) is 37.3 Å². The fourth-order valence-corrected chi connectivity index (χ4v) is 1.08. The Morgan fingerprint density at radius 2 is 1.79 bits per heavy atom. The van der Waals surface area contributed by atoms with Crippen LogP contribution in [0.5, 0.6) is 0 Å². The fraction of sp³-hybridized carbons (Fsp3) is 0.429. The van der Waals surface area contributed by atoms with Gasteiger partial charge in [0.1, 0.15) is 0 Å². The average Bonchev–Trinajstić information content (AvgIpc) is 2.37. The van der Waals surface area contributed by atoms with Crippen molar-refractivity contribution in [2.24, 2.45) is 0 Å². The molecule has 0 aromatic heterocycles. The molecular weight excluding hydrogens is 248 g/mol. The first-order valence-electron chi connectivity index (χ1n) is 6.07. The van der Waals surface area contributed by atoms with Gasteiger partial charge in [0.25, 0.3) is 0 Å². The van der Waals surface area contributed by atoms with Crippen LogP contribution in [0.2, 0.25) is 0 Å². The van der Waals surface area contributed by atoms with Crippen molar-refractivity contribution in [2.75, 3.05) is 0 Å². The van der Waals surface area contributed by atoms with E-state index in [-0.39, 0.29) is 0 Å². The maximum absolute atomic E-state index is 10.4. The van der Waals surface area contributed by atoms with Gasteiger partial charge in [-0.15, -0.1) is 0 Å². The van der Waals surface area contributed by atoms with Crippen molar-refractivity contribution < 1.29 is 24.5 Å². The van der Waals surface area contributed by atoms with E-state index >= 15 is 0 Å². The Morgan fingerprint density at radius 1 is 1.21 bits per heavy atom. The Hall–Kier alpha value is -1.88. The summed E-state index contributed by atoms with van der Waals surface area (Å²) < 4.78 is 5.09. The second-order valence-corrected chi connectivity index (χ2v) is 3.92. The number of rotatable bonds is 6. The van der Waals surface area contributed by atoms with Gasteiger partial charge in [0.15, 0.2) is 6.10 Å². The summed E-state index contributed by atoms with van der Waals surface area (Å²) in [5.41, 5.74) is 0.982. The van der Waals surface area contributed by atoms with Gasteiger partial charge in [-0.25, -0.2) is 4.79 Å². The molecule has 5 heteroatoms. The SMILES string of the molecule is CC(OCc1ccccc1)C(=O)O.CCCC(=O)O. The number of carboxylic acids is 2. The normalized spacial score (nSPS) is 11.1. The topological polar surface area (TPSA) is 83.8 Å². The molecule has 0 spiro atoms. The molecule has 1 aromatic carbocycles. The van der Waals surface area contributed by atoms with E-state index in [0.29, 0.717) is 13.0 Å². The van der Waals surface area contributed by atoms with E-state index in [1.165, 1.54) is 6.92 Å². The Labute approximate surface area is 112 Å². The first kappa shape index (κ1) is 17.1. The van der Waals surface area contributed by atoms with Crippen LogP contribution in [0.4, 0.5) is 0 Å². The highest BCUT2D eigenvalue weighted by Gasteiger charge is 2.10. The molecule has 0 aliphatic heterocycles. The van der Waals surface area contributed by atoms with Crippen molar-refractivity contribution in [2.45, 2.75) is 39.4 Å². The number of ether oxygens (including phenoxy) is 1. The second kappa shape index (κ2) is 10.1. The summed E-state index contributed by atoms with van der Waals surface area (Å²) in [4.78, 5) is 20.0. The molecule has 2 N–H and O–H groups in total. The summed E-state index contributed by atoms with van der Waals surface area (Å²) in [6.45, 7) is 3.70. The Balaban J connectivity index is 0.000000459. The standard InChI is InChI=1S/C10H12O3.C4H8O2/c1-8(10(11)12)13-7-9-5-3-2-4-6-9;1-2-3-4(5)6/h2-6,8H,7H2,1H3,(H,11,12);2-3H2,1H3,(H,5,6). The molecule has 5 nitrogen and oxygen atoms in total. The van der Waals surface area contributed by atoms with Crippen LogP contribution in [0.3, 0.4) is 0 Å². The maximum atomic E-state index is 10.4. The molecule has 0 bridgehead atoms. The summed E-state index contributed by atoms with van der Waals surface area (Å²) in [5, 5.41) is 16.4. The Bertz CT molecular complexity index is 375. The minimum Gasteiger partial charge on any atom is -0.481 e. The molecule has 1 unspecified atom stereocenters. The predicted molar refractivity (Wildman–Crippen MR) is 70.9 cm³/mol. The number of hydrogen-bond acceptors (Lipinski definition) is 3. The minimum absolute atomic E-state index is 0.292. The third-order valence-corrected chi connectivity index (χ3v) is 2.15. The van der Waals surface area contributed by atoms with E-state index in [9.17, 15) is 9.59 Å². The smallest absolute Gasteiger partial charge is 0.332 e. The highest BCUT2D eigenvalue weighted by molar-refractivity contribution is 5.71. The fourth-order valence-electron chi connectivity index (χ4n) is 1.08. The van der Waals surface area contributed by atoms with E-state index in [1.54, 1.807) is 0 Å². The van der Waals surface area contributed by atoms with Gasteiger partial charge in [0, 0.05) is 6.42 Å². The molecule has 0 heterocycles. The first-order chi connectivity index (χ1) is 8.97. The largest absolute Gasteiger partial charge is 0.481 e. The molecule has 0 saturated heterocycles. The molecule has 1 aromatic rings. The number of carboxylic acid groups (broad SMARTS) is 2. The lowest BCUT2D eigenvalue weighted by Crippen LogP contribution is -2.19. The maximum Gasteiger partial charge on any atom is 0.332 e. The van der Waals surface area contributed by atoms with Crippen LogP contribution in [0.25, 0.3) is 0 Å². The van der Waals surface area contributed by atoms with Gasteiger partial charge < -0.3 is 14.9 Å². The van der Waals surface area contributed by atoms with Gasteiger partial charge >= 0.3 is 11.9 Å². The van der Waals surface area contributed by atoms with Crippen LogP contribution in [-0.2, 0) is 20.9 Å². The Morgan fingerprint density at radius 3 is 2.16 bits per heavy atom. The van der Waals surface area contributed by atoms with Gasteiger partial charge in [-0.05, 0) is 18.9 Å². The zero-order valence-electron chi connectivity index (χ0n) is 11.2. The highest BCUT2D eigenvalue weighted by Crippen LogP contribution is 2.02. The molecule has 106 valence electrons. The van der Waals surface area contributed by atoms with Gasteiger partial charge in [-0.3, -0.25) is 4.79 Å². The molecule has 19 heavy (non-hydrogen) atoms. The lowest BCUT2D eigenvalue weighted by molar-refractivity contribution is -0.149. The molecule has 0 aliphatic carbocycles.